The SMILES string of the molecule is CC1=NCC(C(=O)N2CCn3nc(OCc4ccccc4)cc3C2)C=N1. The lowest BCUT2D eigenvalue weighted by Crippen LogP contribution is -2.43. The van der Waals surface area contributed by atoms with Gasteiger partial charge in [-0.2, -0.15) is 0 Å². The van der Waals surface area contributed by atoms with E-state index in [0.717, 1.165) is 17.1 Å². The van der Waals surface area contributed by atoms with E-state index in [1.165, 1.54) is 0 Å². The summed E-state index contributed by atoms with van der Waals surface area (Å²) < 4.78 is 7.71. The second-order valence-corrected chi connectivity index (χ2v) is 6.50. The summed E-state index contributed by atoms with van der Waals surface area (Å²) in [7, 11) is 0. The number of carbonyl (C=O) groups is 1. The number of rotatable bonds is 4. The Kier molecular flexibility index (Phi) is 4.51. The number of benzene rings is 1. The quantitative estimate of drug-likeness (QED) is 0.845. The zero-order chi connectivity index (χ0) is 17.9. The molecular formula is C19H21N5O2. The lowest BCUT2D eigenvalue weighted by atomic mass is 10.1. The molecule has 2 aliphatic rings. The summed E-state index contributed by atoms with van der Waals surface area (Å²) in [5.41, 5.74) is 2.09. The van der Waals surface area contributed by atoms with Crippen molar-refractivity contribution in [3.8, 4) is 5.88 Å². The maximum Gasteiger partial charge on any atom is 0.233 e. The van der Waals surface area contributed by atoms with E-state index in [0.29, 0.717) is 38.7 Å². The molecule has 134 valence electrons. The number of hydrogen-bond acceptors (Lipinski definition) is 5. The van der Waals surface area contributed by atoms with Gasteiger partial charge >= 0.3 is 0 Å². The van der Waals surface area contributed by atoms with Gasteiger partial charge in [0.1, 0.15) is 12.4 Å². The molecule has 1 unspecified atom stereocenters. The molecule has 3 heterocycles. The number of nitrogens with zero attached hydrogens (tertiary/aromatic N) is 5. The van der Waals surface area contributed by atoms with Crippen molar-refractivity contribution in [1.82, 2.24) is 14.7 Å². The Bertz CT molecular complexity index is 856. The molecule has 0 spiro atoms. The number of aromatic nitrogens is 2. The summed E-state index contributed by atoms with van der Waals surface area (Å²) in [4.78, 5) is 23.0. The Labute approximate surface area is 152 Å². The highest BCUT2D eigenvalue weighted by molar-refractivity contribution is 6.00. The van der Waals surface area contributed by atoms with Gasteiger partial charge in [-0.15, -0.1) is 5.10 Å². The standard InChI is InChI=1S/C19H21N5O2/c1-14-20-10-16(11-21-14)19(25)23-7-8-24-17(12-23)9-18(22-24)26-13-15-5-3-2-4-6-15/h2-6,9-10,16H,7-8,11-13H2,1H3. The fourth-order valence-corrected chi connectivity index (χ4v) is 3.12. The van der Waals surface area contributed by atoms with Crippen LogP contribution in [0.4, 0.5) is 0 Å². The number of hydrogen-bond donors (Lipinski definition) is 0. The van der Waals surface area contributed by atoms with E-state index in [2.05, 4.69) is 15.1 Å². The topological polar surface area (TPSA) is 72.1 Å². The molecule has 0 N–H and O–H groups in total. The Morgan fingerprint density at radius 3 is 2.88 bits per heavy atom. The van der Waals surface area contributed by atoms with Gasteiger partial charge in [-0.3, -0.25) is 14.5 Å². The van der Waals surface area contributed by atoms with Gasteiger partial charge in [-0.1, -0.05) is 30.3 Å². The van der Waals surface area contributed by atoms with Crippen molar-refractivity contribution in [3.63, 3.8) is 0 Å². The molecule has 2 aliphatic heterocycles. The second-order valence-electron chi connectivity index (χ2n) is 6.50. The van der Waals surface area contributed by atoms with Crippen molar-refractivity contribution >= 4 is 18.0 Å². The zero-order valence-electron chi connectivity index (χ0n) is 14.7. The molecule has 0 radical (unpaired) electrons. The van der Waals surface area contributed by atoms with Crippen LogP contribution in [-0.4, -0.2) is 45.7 Å². The number of amidine groups is 1. The van der Waals surface area contributed by atoms with Crippen molar-refractivity contribution in [2.75, 3.05) is 13.1 Å². The van der Waals surface area contributed by atoms with Crippen molar-refractivity contribution in [3.05, 3.63) is 47.7 Å². The van der Waals surface area contributed by atoms with Crippen LogP contribution in [-0.2, 0) is 24.5 Å². The van der Waals surface area contributed by atoms with E-state index in [1.54, 1.807) is 6.21 Å². The molecule has 1 aromatic heterocycles. The fraction of sp³-hybridized carbons (Fsp3) is 0.368. The normalized spacial score (nSPS) is 19.0. The van der Waals surface area contributed by atoms with Crippen LogP contribution in [0.2, 0.25) is 0 Å². The van der Waals surface area contributed by atoms with Gasteiger partial charge in [0, 0.05) is 18.8 Å². The van der Waals surface area contributed by atoms with E-state index >= 15 is 0 Å². The van der Waals surface area contributed by atoms with Gasteiger partial charge in [0.25, 0.3) is 0 Å². The summed E-state index contributed by atoms with van der Waals surface area (Å²) in [5, 5.41) is 4.49. The zero-order valence-corrected chi connectivity index (χ0v) is 14.7. The van der Waals surface area contributed by atoms with E-state index in [4.69, 9.17) is 4.74 Å². The maximum atomic E-state index is 12.7. The van der Waals surface area contributed by atoms with E-state index in [-0.39, 0.29) is 11.8 Å². The molecule has 0 fully saturated rings. The van der Waals surface area contributed by atoms with E-state index < -0.39 is 0 Å². The molecule has 1 aromatic carbocycles. The summed E-state index contributed by atoms with van der Waals surface area (Å²) in [6, 6.07) is 11.9. The van der Waals surface area contributed by atoms with Gasteiger partial charge in [0.05, 0.1) is 31.2 Å². The lowest BCUT2D eigenvalue weighted by molar-refractivity contribution is -0.134. The van der Waals surface area contributed by atoms with Gasteiger partial charge in [0.2, 0.25) is 11.8 Å². The number of aliphatic imine (C=N–C) groups is 2. The smallest absolute Gasteiger partial charge is 0.233 e. The first-order chi connectivity index (χ1) is 12.7. The lowest BCUT2D eigenvalue weighted by Gasteiger charge is -2.29. The van der Waals surface area contributed by atoms with Crippen molar-refractivity contribution < 1.29 is 9.53 Å². The second kappa shape index (κ2) is 7.11. The first-order valence-electron chi connectivity index (χ1n) is 8.76. The number of fused-ring (bicyclic) bond motifs is 1. The van der Waals surface area contributed by atoms with Gasteiger partial charge in [-0.05, 0) is 12.5 Å². The van der Waals surface area contributed by atoms with Crippen LogP contribution in [0.5, 0.6) is 5.88 Å². The highest BCUT2D eigenvalue weighted by atomic mass is 16.5. The van der Waals surface area contributed by atoms with E-state index in [9.17, 15) is 4.79 Å². The van der Waals surface area contributed by atoms with Crippen LogP contribution >= 0.6 is 0 Å². The van der Waals surface area contributed by atoms with Crippen LogP contribution in [0.15, 0.2) is 46.4 Å². The Hall–Kier alpha value is -2.96. The van der Waals surface area contributed by atoms with Crippen LogP contribution in [0.1, 0.15) is 18.2 Å². The van der Waals surface area contributed by atoms with Crippen LogP contribution in [0.25, 0.3) is 0 Å². The molecule has 0 aliphatic carbocycles. The molecule has 7 nitrogen and oxygen atoms in total. The van der Waals surface area contributed by atoms with Gasteiger partial charge < -0.3 is 9.64 Å². The number of carbonyl (C=O) groups excluding carboxylic acids is 1. The Balaban J connectivity index is 1.39. The third-order valence-corrected chi connectivity index (χ3v) is 4.59. The predicted molar refractivity (Wildman–Crippen MR) is 98.4 cm³/mol. The van der Waals surface area contributed by atoms with Crippen LogP contribution < -0.4 is 4.74 Å². The molecule has 7 heteroatoms. The minimum absolute atomic E-state index is 0.0733. The van der Waals surface area contributed by atoms with Crippen molar-refractivity contribution in [2.24, 2.45) is 15.9 Å². The third-order valence-electron chi connectivity index (χ3n) is 4.59. The van der Waals surface area contributed by atoms with Crippen LogP contribution in [0, 0.1) is 5.92 Å². The maximum absolute atomic E-state index is 12.7. The Morgan fingerprint density at radius 1 is 1.27 bits per heavy atom. The van der Waals surface area contributed by atoms with Crippen molar-refractivity contribution in [1.29, 1.82) is 0 Å². The minimum atomic E-state index is -0.262. The average molecular weight is 351 g/mol. The molecule has 0 saturated heterocycles. The average Bonchev–Trinajstić information content (AvgIpc) is 3.09. The summed E-state index contributed by atoms with van der Waals surface area (Å²) in [6.07, 6.45) is 1.71. The predicted octanol–water partition coefficient (Wildman–Crippen LogP) is 1.92. The Morgan fingerprint density at radius 2 is 2.12 bits per heavy atom. The molecule has 0 bridgehead atoms. The summed E-state index contributed by atoms with van der Waals surface area (Å²) in [6.45, 7) is 4.65. The number of amides is 1. The summed E-state index contributed by atoms with van der Waals surface area (Å²) in [5.74, 6) is 1.13. The monoisotopic (exact) mass is 351 g/mol. The molecule has 4 rings (SSSR count). The summed E-state index contributed by atoms with van der Waals surface area (Å²) >= 11 is 0. The molecule has 0 saturated carbocycles. The third kappa shape index (κ3) is 3.51. The molecular weight excluding hydrogens is 330 g/mol. The largest absolute Gasteiger partial charge is 0.472 e. The van der Waals surface area contributed by atoms with Crippen LogP contribution in [0.3, 0.4) is 0 Å². The first kappa shape index (κ1) is 16.5. The number of ether oxygens (including phenoxy) is 1. The van der Waals surface area contributed by atoms with Crippen molar-refractivity contribution in [2.45, 2.75) is 26.6 Å². The van der Waals surface area contributed by atoms with Gasteiger partial charge in [-0.25, -0.2) is 4.99 Å². The highest BCUT2D eigenvalue weighted by Crippen LogP contribution is 2.20. The fourth-order valence-electron chi connectivity index (χ4n) is 3.12. The van der Waals surface area contributed by atoms with Gasteiger partial charge in [0.15, 0.2) is 0 Å². The molecule has 26 heavy (non-hydrogen) atoms. The molecule has 1 atom stereocenters. The highest BCUT2D eigenvalue weighted by Gasteiger charge is 2.28. The van der Waals surface area contributed by atoms with E-state index in [1.807, 2.05) is 52.9 Å². The minimum Gasteiger partial charge on any atom is -0.472 e. The first-order valence-corrected chi connectivity index (χ1v) is 8.76. The molecule has 1 amide bonds. The molecule has 2 aromatic rings.